The second-order valence-electron chi connectivity index (χ2n) is 14.8. The number of anilines is 6. The van der Waals surface area contributed by atoms with Crippen molar-refractivity contribution in [3.63, 3.8) is 0 Å². The van der Waals surface area contributed by atoms with Gasteiger partial charge in [0.05, 0.1) is 0 Å². The lowest BCUT2D eigenvalue weighted by atomic mass is 10.0. The topological polar surface area (TPSA) is 6.48 Å². The van der Waals surface area contributed by atoms with Gasteiger partial charge in [0, 0.05) is 34.1 Å². The van der Waals surface area contributed by atoms with Crippen LogP contribution in [0.25, 0.3) is 44.5 Å². The summed E-state index contributed by atoms with van der Waals surface area (Å²) in [6, 6.07) is 73.4. The molecule has 0 N–H and O–H groups in total. The van der Waals surface area contributed by atoms with E-state index in [1.54, 1.807) is 12.2 Å². The van der Waals surface area contributed by atoms with Crippen molar-refractivity contribution in [3.05, 3.63) is 280 Å². The number of rotatable bonds is 15. The van der Waals surface area contributed by atoms with Crippen molar-refractivity contribution in [1.82, 2.24) is 0 Å². The first-order chi connectivity index (χ1) is 30.6. The van der Waals surface area contributed by atoms with Crippen LogP contribution in [-0.2, 0) is 0 Å². The molecule has 0 heterocycles. The Kier molecular flexibility index (Phi) is 12.6. The molecule has 0 saturated carbocycles. The largest absolute Gasteiger partial charge is 0.311 e. The summed E-state index contributed by atoms with van der Waals surface area (Å²) in [7, 11) is 0. The van der Waals surface area contributed by atoms with Gasteiger partial charge in [0.25, 0.3) is 0 Å². The van der Waals surface area contributed by atoms with Gasteiger partial charge < -0.3 is 9.80 Å². The van der Waals surface area contributed by atoms with Gasteiger partial charge in [-0.15, -0.1) is 0 Å². The monoisotopic (exact) mass is 796 g/mol. The predicted molar refractivity (Wildman–Crippen MR) is 269 cm³/mol. The molecule has 0 saturated heterocycles. The van der Waals surface area contributed by atoms with Crippen LogP contribution in [-0.4, -0.2) is 0 Å². The molecule has 0 aliphatic carbocycles. The second-order valence-corrected chi connectivity index (χ2v) is 14.8. The summed E-state index contributed by atoms with van der Waals surface area (Å²) in [6.07, 6.45) is 11.3. The van der Waals surface area contributed by atoms with E-state index in [1.165, 1.54) is 16.7 Å². The summed E-state index contributed by atoms with van der Waals surface area (Å²) < 4.78 is 0. The van der Waals surface area contributed by atoms with E-state index in [-0.39, 0.29) is 0 Å². The number of nitrogens with zero attached hydrogens (tertiary/aromatic N) is 2. The van der Waals surface area contributed by atoms with Crippen molar-refractivity contribution >= 4 is 45.3 Å². The fourth-order valence-corrected chi connectivity index (χ4v) is 7.83. The average Bonchev–Trinajstić information content (AvgIpc) is 3.34. The third-order valence-electron chi connectivity index (χ3n) is 11.0. The van der Waals surface area contributed by atoms with E-state index in [4.69, 9.17) is 0 Å². The van der Waals surface area contributed by atoms with E-state index < -0.39 is 0 Å². The minimum Gasteiger partial charge on any atom is -0.311 e. The Morgan fingerprint density at radius 1 is 0.290 bits per heavy atom. The molecule has 0 unspecified atom stereocenters. The Bertz CT molecular complexity index is 2860. The highest BCUT2D eigenvalue weighted by molar-refractivity contribution is 5.85. The maximum absolute atomic E-state index is 4.07. The smallest absolute Gasteiger partial charge is 0.0467 e. The summed E-state index contributed by atoms with van der Waals surface area (Å²) in [4.78, 5) is 4.61. The predicted octanol–water partition coefficient (Wildman–Crippen LogP) is 17.1. The molecular weight excluding hydrogens is 749 g/mol. The fourth-order valence-electron chi connectivity index (χ4n) is 7.83. The number of hydrogen-bond acceptors (Lipinski definition) is 2. The van der Waals surface area contributed by atoms with Gasteiger partial charge >= 0.3 is 0 Å². The molecular formula is C60H48N2. The molecule has 0 bridgehead atoms. The van der Waals surface area contributed by atoms with E-state index in [1.807, 2.05) is 30.4 Å². The average molecular weight is 797 g/mol. The molecule has 2 heteroatoms. The normalized spacial score (nSPS) is 11.4. The third kappa shape index (κ3) is 9.01. The van der Waals surface area contributed by atoms with Crippen molar-refractivity contribution in [2.75, 3.05) is 9.80 Å². The molecule has 0 radical (unpaired) electrons. The minimum absolute atomic E-state index is 1.01. The quantitative estimate of drug-likeness (QED) is 0.0954. The third-order valence-corrected chi connectivity index (χ3v) is 11.0. The van der Waals surface area contributed by atoms with Gasteiger partial charge in [0.2, 0.25) is 0 Å². The molecule has 62 heavy (non-hydrogen) atoms. The van der Waals surface area contributed by atoms with Gasteiger partial charge in [-0.25, -0.2) is 0 Å². The number of benzene rings is 8. The maximum Gasteiger partial charge on any atom is 0.0467 e. The Morgan fingerprint density at radius 3 is 1.10 bits per heavy atom. The highest BCUT2D eigenvalue weighted by Gasteiger charge is 2.17. The lowest BCUT2D eigenvalue weighted by molar-refractivity contribution is 1.28. The van der Waals surface area contributed by atoms with E-state index in [2.05, 4.69) is 236 Å². The van der Waals surface area contributed by atoms with Crippen molar-refractivity contribution in [3.8, 4) is 33.4 Å². The minimum atomic E-state index is 1.01. The molecule has 8 aromatic carbocycles. The van der Waals surface area contributed by atoms with Crippen LogP contribution < -0.4 is 9.80 Å². The van der Waals surface area contributed by atoms with Crippen LogP contribution in [0, 0.1) is 0 Å². The molecule has 2 nitrogen and oxygen atoms in total. The number of hydrogen-bond donors (Lipinski definition) is 0. The lowest BCUT2D eigenvalue weighted by Gasteiger charge is -2.27. The van der Waals surface area contributed by atoms with Crippen LogP contribution in [0.2, 0.25) is 0 Å². The Balaban J connectivity index is 1.14. The van der Waals surface area contributed by atoms with Crippen LogP contribution in [0.1, 0.15) is 11.1 Å². The molecule has 0 aliphatic heterocycles. The molecule has 8 aromatic rings. The summed E-state index contributed by atoms with van der Waals surface area (Å²) in [6.45, 7) is 15.9. The van der Waals surface area contributed by atoms with Crippen molar-refractivity contribution in [2.45, 2.75) is 0 Å². The fraction of sp³-hybridized carbons (Fsp3) is 0. The van der Waals surface area contributed by atoms with Gasteiger partial charge in [0.1, 0.15) is 0 Å². The first-order valence-electron chi connectivity index (χ1n) is 20.8. The van der Waals surface area contributed by atoms with E-state index in [0.717, 1.165) is 73.1 Å². The van der Waals surface area contributed by atoms with Crippen molar-refractivity contribution in [2.24, 2.45) is 0 Å². The van der Waals surface area contributed by atoms with Crippen LogP contribution in [0.3, 0.4) is 0 Å². The van der Waals surface area contributed by atoms with Crippen LogP contribution >= 0.6 is 0 Å². The first kappa shape index (κ1) is 40.6. The van der Waals surface area contributed by atoms with E-state index >= 15 is 0 Å². The molecule has 0 atom stereocenters. The van der Waals surface area contributed by atoms with Crippen LogP contribution in [0.15, 0.2) is 269 Å². The summed E-state index contributed by atoms with van der Waals surface area (Å²) in [5.74, 6) is 0. The summed E-state index contributed by atoms with van der Waals surface area (Å²) in [5, 5.41) is 0. The SMILES string of the molecule is C=C/C=C(\C=C)c1ccc(N(c2ccc(-c3ccccc3)cc2)c2ccc(-c3ccc(N(c4cccc(/C(C=C)=C/C=C)c4)c4cccc(-c5ccccc5)c4)cc3)cc2)cc1. The molecule has 8 rings (SSSR count). The van der Waals surface area contributed by atoms with Gasteiger partial charge in [-0.1, -0.05) is 196 Å². The summed E-state index contributed by atoms with van der Waals surface area (Å²) >= 11 is 0. The molecule has 0 amide bonds. The van der Waals surface area contributed by atoms with Gasteiger partial charge in [0.15, 0.2) is 0 Å². The maximum atomic E-state index is 4.07. The molecule has 0 spiro atoms. The highest BCUT2D eigenvalue weighted by atomic mass is 15.1. The molecule has 298 valence electrons. The zero-order chi connectivity index (χ0) is 42.7. The van der Waals surface area contributed by atoms with Crippen LogP contribution in [0.5, 0.6) is 0 Å². The number of allylic oxidation sites excluding steroid dienone is 8. The zero-order valence-electron chi connectivity index (χ0n) is 34.8. The second kappa shape index (κ2) is 19.2. The van der Waals surface area contributed by atoms with Gasteiger partial charge in [-0.2, -0.15) is 0 Å². The molecule has 0 fully saturated rings. The Labute approximate surface area is 367 Å². The van der Waals surface area contributed by atoms with Crippen molar-refractivity contribution < 1.29 is 0 Å². The Hall–Kier alpha value is -8.20. The zero-order valence-corrected chi connectivity index (χ0v) is 34.8. The van der Waals surface area contributed by atoms with Gasteiger partial charge in [-0.3, -0.25) is 0 Å². The standard InChI is InChI=1S/C60H48N2/c1-5-17-45(7-3)49-27-35-55(36-28-49)61(56-37-29-50(30-38-56)47-19-11-9-12-20-47)57-39-31-51(32-40-57)52-33-41-58(42-34-52)62(59-25-15-23-53(43-59)46(8-4)18-6-2)60-26-16-24-54(44-60)48-21-13-10-14-22-48/h5-44H,1-4H2/b45-17+,46-18+. The van der Waals surface area contributed by atoms with E-state index in [0.29, 0.717) is 0 Å². The van der Waals surface area contributed by atoms with Crippen molar-refractivity contribution in [1.29, 1.82) is 0 Å². The Morgan fingerprint density at radius 2 is 0.645 bits per heavy atom. The lowest BCUT2D eigenvalue weighted by Crippen LogP contribution is -2.10. The summed E-state index contributed by atoms with van der Waals surface area (Å²) in [5.41, 5.74) is 17.5. The molecule has 0 aliphatic rings. The van der Waals surface area contributed by atoms with Crippen LogP contribution in [0.4, 0.5) is 34.1 Å². The van der Waals surface area contributed by atoms with E-state index in [9.17, 15) is 0 Å². The molecule has 0 aromatic heterocycles. The van der Waals surface area contributed by atoms with Gasteiger partial charge in [-0.05, 0) is 128 Å². The highest BCUT2D eigenvalue weighted by Crippen LogP contribution is 2.40. The first-order valence-corrected chi connectivity index (χ1v) is 20.8.